The van der Waals surface area contributed by atoms with E-state index in [9.17, 15) is 9.59 Å². The highest BCUT2D eigenvalue weighted by Crippen LogP contribution is 2.38. The van der Waals surface area contributed by atoms with Gasteiger partial charge in [-0.15, -0.1) is 0 Å². The molecule has 0 saturated heterocycles. The third kappa shape index (κ3) is 4.70. The van der Waals surface area contributed by atoms with Gasteiger partial charge in [-0.25, -0.2) is 0 Å². The molecule has 0 radical (unpaired) electrons. The zero-order chi connectivity index (χ0) is 21.0. The van der Waals surface area contributed by atoms with Gasteiger partial charge in [0.25, 0.3) is 0 Å². The Bertz CT molecular complexity index is 890. The first-order valence-corrected chi connectivity index (χ1v) is 9.85. The first-order chi connectivity index (χ1) is 13.8. The van der Waals surface area contributed by atoms with Crippen LogP contribution in [0.3, 0.4) is 0 Å². The van der Waals surface area contributed by atoms with Gasteiger partial charge in [-0.1, -0.05) is 12.1 Å². The zero-order valence-electron chi connectivity index (χ0n) is 17.5. The van der Waals surface area contributed by atoms with E-state index < -0.39 is 5.41 Å². The standard InChI is InChI=1S/C23H28N2O4/c1-5-25-19-12-9-17(14-20(19)29-15-23(2,3)22(25)27)24-21(26)13-8-16-6-10-18(28-4)11-7-16/h6-7,9-12,14H,5,8,13,15H2,1-4H3,(H,24,26). The number of nitrogens with zero attached hydrogens (tertiary/aromatic N) is 1. The molecule has 29 heavy (non-hydrogen) atoms. The number of hydrogen-bond acceptors (Lipinski definition) is 4. The van der Waals surface area contributed by atoms with Crippen LogP contribution in [0.2, 0.25) is 0 Å². The highest BCUT2D eigenvalue weighted by atomic mass is 16.5. The van der Waals surface area contributed by atoms with E-state index in [2.05, 4.69) is 5.32 Å². The van der Waals surface area contributed by atoms with E-state index in [1.165, 1.54) is 0 Å². The second kappa shape index (κ2) is 8.55. The molecule has 0 aromatic heterocycles. The number of amides is 2. The van der Waals surface area contributed by atoms with Gasteiger partial charge in [0.1, 0.15) is 18.1 Å². The molecule has 1 N–H and O–H groups in total. The molecule has 0 bridgehead atoms. The van der Waals surface area contributed by atoms with Crippen molar-refractivity contribution in [1.82, 2.24) is 0 Å². The fourth-order valence-corrected chi connectivity index (χ4v) is 3.31. The van der Waals surface area contributed by atoms with Crippen LogP contribution in [0.1, 0.15) is 32.8 Å². The molecule has 154 valence electrons. The van der Waals surface area contributed by atoms with Crippen LogP contribution in [0.4, 0.5) is 11.4 Å². The van der Waals surface area contributed by atoms with Crippen molar-refractivity contribution >= 4 is 23.2 Å². The normalized spacial score (nSPS) is 15.2. The van der Waals surface area contributed by atoms with Crippen LogP contribution in [-0.4, -0.2) is 32.1 Å². The molecule has 0 fully saturated rings. The SMILES string of the molecule is CCN1C(=O)C(C)(C)COc2cc(NC(=O)CCc3ccc(OC)cc3)ccc21. The second-order valence-corrected chi connectivity index (χ2v) is 7.80. The summed E-state index contributed by atoms with van der Waals surface area (Å²) in [4.78, 5) is 26.9. The molecule has 0 aliphatic carbocycles. The van der Waals surface area contributed by atoms with Gasteiger partial charge >= 0.3 is 0 Å². The maximum atomic E-state index is 12.8. The topological polar surface area (TPSA) is 67.9 Å². The first kappa shape index (κ1) is 20.7. The summed E-state index contributed by atoms with van der Waals surface area (Å²) < 4.78 is 11.1. The quantitative estimate of drug-likeness (QED) is 0.800. The Balaban J connectivity index is 1.67. The van der Waals surface area contributed by atoms with Gasteiger partial charge in [0, 0.05) is 24.7 Å². The van der Waals surface area contributed by atoms with Crippen molar-refractivity contribution in [2.45, 2.75) is 33.6 Å². The third-order valence-corrected chi connectivity index (χ3v) is 5.06. The van der Waals surface area contributed by atoms with Gasteiger partial charge in [0.2, 0.25) is 11.8 Å². The first-order valence-electron chi connectivity index (χ1n) is 9.85. The van der Waals surface area contributed by atoms with E-state index >= 15 is 0 Å². The predicted molar refractivity (Wildman–Crippen MR) is 114 cm³/mol. The molecule has 2 aromatic carbocycles. The van der Waals surface area contributed by atoms with Gasteiger partial charge < -0.3 is 19.7 Å². The Morgan fingerprint density at radius 2 is 1.93 bits per heavy atom. The number of anilines is 2. The third-order valence-electron chi connectivity index (χ3n) is 5.06. The maximum Gasteiger partial charge on any atom is 0.236 e. The lowest BCUT2D eigenvalue weighted by molar-refractivity contribution is -0.127. The highest BCUT2D eigenvalue weighted by Gasteiger charge is 2.37. The molecule has 3 rings (SSSR count). The van der Waals surface area contributed by atoms with Crippen molar-refractivity contribution in [1.29, 1.82) is 0 Å². The second-order valence-electron chi connectivity index (χ2n) is 7.80. The fourth-order valence-electron chi connectivity index (χ4n) is 3.31. The Hall–Kier alpha value is -3.02. The number of fused-ring (bicyclic) bond motifs is 1. The lowest BCUT2D eigenvalue weighted by atomic mass is 9.93. The van der Waals surface area contributed by atoms with Crippen molar-refractivity contribution in [3.05, 3.63) is 48.0 Å². The average Bonchev–Trinajstić information content (AvgIpc) is 2.81. The highest BCUT2D eigenvalue weighted by molar-refractivity contribution is 6.00. The number of carbonyl (C=O) groups excluding carboxylic acids is 2. The van der Waals surface area contributed by atoms with Crippen LogP contribution in [-0.2, 0) is 16.0 Å². The minimum Gasteiger partial charge on any atom is -0.497 e. The van der Waals surface area contributed by atoms with Gasteiger partial charge in [0.15, 0.2) is 0 Å². The Labute approximate surface area is 171 Å². The molecule has 1 heterocycles. The summed E-state index contributed by atoms with van der Waals surface area (Å²) in [6, 6.07) is 13.1. The van der Waals surface area contributed by atoms with Crippen molar-refractivity contribution < 1.29 is 19.1 Å². The van der Waals surface area contributed by atoms with E-state index in [1.54, 1.807) is 18.1 Å². The van der Waals surface area contributed by atoms with Crippen molar-refractivity contribution in [2.75, 3.05) is 30.5 Å². The van der Waals surface area contributed by atoms with E-state index in [4.69, 9.17) is 9.47 Å². The van der Waals surface area contributed by atoms with Crippen molar-refractivity contribution in [2.24, 2.45) is 5.41 Å². The van der Waals surface area contributed by atoms with Crippen molar-refractivity contribution in [3.63, 3.8) is 0 Å². The summed E-state index contributed by atoms with van der Waals surface area (Å²) in [7, 11) is 1.63. The Kier molecular flexibility index (Phi) is 6.11. The molecular formula is C23H28N2O4. The number of aryl methyl sites for hydroxylation is 1. The van der Waals surface area contributed by atoms with Gasteiger partial charge in [-0.05, 0) is 57.0 Å². The smallest absolute Gasteiger partial charge is 0.236 e. The Morgan fingerprint density at radius 3 is 2.59 bits per heavy atom. The van der Waals surface area contributed by atoms with E-state index in [0.717, 1.165) is 17.0 Å². The molecule has 2 amide bonds. The number of benzene rings is 2. The molecule has 0 unspecified atom stereocenters. The molecule has 2 aromatic rings. The lowest BCUT2D eigenvalue weighted by Gasteiger charge is -2.26. The van der Waals surface area contributed by atoms with Crippen molar-refractivity contribution in [3.8, 4) is 11.5 Å². The molecule has 1 aliphatic rings. The summed E-state index contributed by atoms with van der Waals surface area (Å²) in [5.41, 5.74) is 1.87. The maximum absolute atomic E-state index is 12.8. The summed E-state index contributed by atoms with van der Waals surface area (Å²) in [6.07, 6.45) is 1.01. The van der Waals surface area contributed by atoms with Gasteiger partial charge in [-0.3, -0.25) is 9.59 Å². The summed E-state index contributed by atoms with van der Waals surface area (Å²) in [6.45, 7) is 6.56. The van der Waals surface area contributed by atoms with Crippen LogP contribution < -0.4 is 19.7 Å². The number of methoxy groups -OCH3 is 1. The van der Waals surface area contributed by atoms with Crippen LogP contribution in [0.15, 0.2) is 42.5 Å². The number of ether oxygens (including phenoxy) is 2. The summed E-state index contributed by atoms with van der Waals surface area (Å²) in [5.74, 6) is 1.37. The fraction of sp³-hybridized carbons (Fsp3) is 0.391. The monoisotopic (exact) mass is 396 g/mol. The van der Waals surface area contributed by atoms with Gasteiger partial charge in [0.05, 0.1) is 18.2 Å². The van der Waals surface area contributed by atoms with E-state index in [1.807, 2.05) is 57.2 Å². The predicted octanol–water partition coefficient (Wildman–Crippen LogP) is 4.04. The molecule has 6 heteroatoms. The molecule has 0 atom stereocenters. The van der Waals surface area contributed by atoms with Crippen LogP contribution in [0, 0.1) is 5.41 Å². The van der Waals surface area contributed by atoms with Gasteiger partial charge in [-0.2, -0.15) is 0 Å². The molecule has 0 spiro atoms. The van der Waals surface area contributed by atoms with Crippen LogP contribution in [0.5, 0.6) is 11.5 Å². The average molecular weight is 396 g/mol. The minimum absolute atomic E-state index is 0.0371. The molecule has 1 aliphatic heterocycles. The van der Waals surface area contributed by atoms with Crippen LogP contribution in [0.25, 0.3) is 0 Å². The zero-order valence-corrected chi connectivity index (χ0v) is 17.5. The number of hydrogen-bond donors (Lipinski definition) is 1. The summed E-state index contributed by atoms with van der Waals surface area (Å²) >= 11 is 0. The molecule has 0 saturated carbocycles. The minimum atomic E-state index is -0.600. The van der Waals surface area contributed by atoms with E-state index in [-0.39, 0.29) is 11.8 Å². The largest absolute Gasteiger partial charge is 0.497 e. The lowest BCUT2D eigenvalue weighted by Crippen LogP contribution is -2.42. The van der Waals surface area contributed by atoms with Crippen LogP contribution >= 0.6 is 0 Å². The molecule has 6 nitrogen and oxygen atoms in total. The number of rotatable bonds is 6. The summed E-state index contributed by atoms with van der Waals surface area (Å²) in [5, 5.41) is 2.92. The number of nitrogens with one attached hydrogen (secondary N) is 1. The molecular weight excluding hydrogens is 368 g/mol. The Morgan fingerprint density at radius 1 is 1.21 bits per heavy atom. The number of carbonyl (C=O) groups is 2. The van der Waals surface area contributed by atoms with E-state index in [0.29, 0.717) is 37.4 Å².